The number of aliphatic hydroxyl groups excluding tert-OH is 1. The van der Waals surface area contributed by atoms with Crippen molar-refractivity contribution in [1.29, 1.82) is 0 Å². The van der Waals surface area contributed by atoms with Crippen LogP contribution in [-0.4, -0.2) is 35.1 Å². The van der Waals surface area contributed by atoms with Gasteiger partial charge in [-0.3, -0.25) is 4.79 Å². The minimum absolute atomic E-state index is 0.0148. The molecule has 1 aromatic carbocycles. The maximum Gasteiger partial charge on any atom is 0.246 e. The maximum atomic E-state index is 12.2. The molecule has 20 heavy (non-hydrogen) atoms. The fourth-order valence-corrected chi connectivity index (χ4v) is 2.76. The highest BCUT2D eigenvalue weighted by Crippen LogP contribution is 2.25. The van der Waals surface area contributed by atoms with E-state index in [2.05, 4.69) is 0 Å². The number of benzene rings is 1. The Labute approximate surface area is 128 Å². The van der Waals surface area contributed by atoms with E-state index in [-0.39, 0.29) is 18.6 Å². The summed E-state index contributed by atoms with van der Waals surface area (Å²) in [7, 11) is 0. The van der Waals surface area contributed by atoms with Gasteiger partial charge < -0.3 is 10.0 Å². The first-order chi connectivity index (χ1) is 9.60. The molecule has 1 aromatic rings. The summed E-state index contributed by atoms with van der Waals surface area (Å²) in [6.45, 7) is 0.364. The molecule has 0 heterocycles. The lowest BCUT2D eigenvalue weighted by Crippen LogP contribution is -2.44. The minimum atomic E-state index is -0.0835. The monoisotopic (exact) mass is 313 g/mol. The quantitative estimate of drug-likeness (QED) is 0.847. The summed E-state index contributed by atoms with van der Waals surface area (Å²) >= 11 is 11.8. The van der Waals surface area contributed by atoms with Gasteiger partial charge in [0.1, 0.15) is 0 Å². The largest absolute Gasteiger partial charge is 0.395 e. The average Bonchev–Trinajstić information content (AvgIpc) is 2.32. The zero-order valence-electron chi connectivity index (χ0n) is 11.1. The van der Waals surface area contributed by atoms with Crippen LogP contribution in [0.15, 0.2) is 24.3 Å². The van der Waals surface area contributed by atoms with Crippen molar-refractivity contribution in [3.05, 3.63) is 39.9 Å². The van der Waals surface area contributed by atoms with Crippen LogP contribution in [0.5, 0.6) is 0 Å². The number of amides is 1. The van der Waals surface area contributed by atoms with Gasteiger partial charge in [-0.1, -0.05) is 23.2 Å². The summed E-state index contributed by atoms with van der Waals surface area (Å²) in [6, 6.07) is 5.41. The van der Waals surface area contributed by atoms with Crippen LogP contribution in [0.1, 0.15) is 24.8 Å². The van der Waals surface area contributed by atoms with E-state index < -0.39 is 0 Å². The van der Waals surface area contributed by atoms with Crippen molar-refractivity contribution in [2.75, 3.05) is 13.2 Å². The Morgan fingerprint density at radius 1 is 1.30 bits per heavy atom. The van der Waals surface area contributed by atoms with Gasteiger partial charge in [0.2, 0.25) is 5.91 Å². The highest BCUT2D eigenvalue weighted by atomic mass is 35.5. The van der Waals surface area contributed by atoms with Crippen LogP contribution in [0.3, 0.4) is 0 Å². The van der Waals surface area contributed by atoms with Crippen LogP contribution in [-0.2, 0) is 4.79 Å². The summed E-state index contributed by atoms with van der Waals surface area (Å²) in [5.41, 5.74) is 0.786. The predicted molar refractivity (Wildman–Crippen MR) is 81.9 cm³/mol. The van der Waals surface area contributed by atoms with Gasteiger partial charge in [0.25, 0.3) is 0 Å². The van der Waals surface area contributed by atoms with Gasteiger partial charge in [0, 0.05) is 28.7 Å². The first-order valence-electron chi connectivity index (χ1n) is 6.66. The van der Waals surface area contributed by atoms with E-state index in [9.17, 15) is 4.79 Å². The normalized spacial score (nSPS) is 15.3. The van der Waals surface area contributed by atoms with E-state index in [0.29, 0.717) is 16.6 Å². The van der Waals surface area contributed by atoms with Crippen molar-refractivity contribution < 1.29 is 9.90 Å². The number of nitrogens with zero attached hydrogens (tertiary/aromatic N) is 1. The molecule has 1 fully saturated rings. The standard InChI is InChI=1S/C15H17Cl2NO2/c16-12-8-11(9-13(17)10-12)4-5-15(20)18(6-7-19)14-2-1-3-14/h4-5,8-10,14,19H,1-3,6-7H2/b5-4+. The van der Waals surface area contributed by atoms with Gasteiger partial charge in [-0.05, 0) is 49.1 Å². The van der Waals surface area contributed by atoms with Crippen molar-refractivity contribution in [3.63, 3.8) is 0 Å². The Balaban J connectivity index is 2.06. The fourth-order valence-electron chi connectivity index (χ4n) is 2.21. The third-order valence-electron chi connectivity index (χ3n) is 3.44. The van der Waals surface area contributed by atoms with Crippen molar-refractivity contribution in [2.24, 2.45) is 0 Å². The number of hydrogen-bond donors (Lipinski definition) is 1. The zero-order chi connectivity index (χ0) is 14.5. The van der Waals surface area contributed by atoms with E-state index in [1.807, 2.05) is 0 Å². The summed E-state index contributed by atoms with van der Waals surface area (Å²) in [5, 5.41) is 10.1. The molecule has 0 saturated heterocycles. The van der Waals surface area contributed by atoms with Crippen molar-refractivity contribution in [3.8, 4) is 0 Å². The van der Waals surface area contributed by atoms with Gasteiger partial charge in [0.15, 0.2) is 0 Å². The molecule has 1 aliphatic carbocycles. The van der Waals surface area contributed by atoms with E-state index in [1.54, 1.807) is 29.2 Å². The van der Waals surface area contributed by atoms with Gasteiger partial charge in [-0.2, -0.15) is 0 Å². The summed E-state index contributed by atoms with van der Waals surface area (Å²) in [6.07, 6.45) is 6.39. The topological polar surface area (TPSA) is 40.5 Å². The molecule has 1 aliphatic rings. The number of rotatable bonds is 5. The van der Waals surface area contributed by atoms with Crippen molar-refractivity contribution in [1.82, 2.24) is 4.90 Å². The molecule has 0 aliphatic heterocycles. The molecule has 0 spiro atoms. The van der Waals surface area contributed by atoms with Crippen LogP contribution < -0.4 is 0 Å². The number of aliphatic hydroxyl groups is 1. The first-order valence-corrected chi connectivity index (χ1v) is 7.41. The SMILES string of the molecule is O=C(/C=C/c1cc(Cl)cc(Cl)c1)N(CCO)C1CCC1. The second-order valence-electron chi connectivity index (χ2n) is 4.88. The number of hydrogen-bond acceptors (Lipinski definition) is 2. The van der Waals surface area contributed by atoms with Gasteiger partial charge >= 0.3 is 0 Å². The third-order valence-corrected chi connectivity index (χ3v) is 3.88. The summed E-state index contributed by atoms with van der Waals surface area (Å²) in [5.74, 6) is -0.0835. The molecular weight excluding hydrogens is 297 g/mol. The lowest BCUT2D eigenvalue weighted by molar-refractivity contribution is -0.130. The Hall–Kier alpha value is -1.03. The van der Waals surface area contributed by atoms with Crippen LogP contribution in [0.2, 0.25) is 10.0 Å². The van der Waals surface area contributed by atoms with E-state index in [4.69, 9.17) is 28.3 Å². The van der Waals surface area contributed by atoms with E-state index in [0.717, 1.165) is 24.8 Å². The third kappa shape index (κ3) is 3.98. The molecule has 0 radical (unpaired) electrons. The van der Waals surface area contributed by atoms with Gasteiger partial charge in [-0.15, -0.1) is 0 Å². The zero-order valence-corrected chi connectivity index (χ0v) is 12.6. The predicted octanol–water partition coefficient (Wildman–Crippen LogP) is 3.38. The van der Waals surface area contributed by atoms with Crippen LogP contribution in [0, 0.1) is 0 Å². The van der Waals surface area contributed by atoms with E-state index in [1.165, 1.54) is 6.08 Å². The second kappa shape index (κ2) is 7.11. The van der Waals surface area contributed by atoms with E-state index >= 15 is 0 Å². The molecule has 1 saturated carbocycles. The Morgan fingerprint density at radius 2 is 1.95 bits per heavy atom. The Bertz CT molecular complexity index is 492. The second-order valence-corrected chi connectivity index (χ2v) is 5.75. The molecule has 108 valence electrons. The smallest absolute Gasteiger partial charge is 0.246 e. The lowest BCUT2D eigenvalue weighted by Gasteiger charge is -2.36. The first kappa shape index (κ1) is 15.4. The summed E-state index contributed by atoms with van der Waals surface area (Å²) < 4.78 is 0. The van der Waals surface area contributed by atoms with Crippen LogP contribution in [0.25, 0.3) is 6.08 Å². The van der Waals surface area contributed by atoms with Gasteiger partial charge in [0.05, 0.1) is 6.61 Å². The minimum Gasteiger partial charge on any atom is -0.395 e. The van der Waals surface area contributed by atoms with Crippen LogP contribution in [0.4, 0.5) is 0 Å². The highest BCUT2D eigenvalue weighted by molar-refractivity contribution is 6.34. The average molecular weight is 314 g/mol. The number of carbonyl (C=O) groups is 1. The van der Waals surface area contributed by atoms with Crippen LogP contribution >= 0.6 is 23.2 Å². The van der Waals surface area contributed by atoms with Gasteiger partial charge in [-0.25, -0.2) is 0 Å². The molecule has 0 aromatic heterocycles. The van der Waals surface area contributed by atoms with Crippen molar-refractivity contribution in [2.45, 2.75) is 25.3 Å². The number of halogens is 2. The molecule has 1 N–H and O–H groups in total. The molecule has 2 rings (SSSR count). The molecule has 3 nitrogen and oxygen atoms in total. The Morgan fingerprint density at radius 3 is 2.45 bits per heavy atom. The molecule has 0 atom stereocenters. The lowest BCUT2D eigenvalue weighted by atomic mass is 9.91. The fraction of sp³-hybridized carbons (Fsp3) is 0.400. The summed E-state index contributed by atoms with van der Waals surface area (Å²) in [4.78, 5) is 13.9. The van der Waals surface area contributed by atoms with Crippen molar-refractivity contribution >= 4 is 35.2 Å². The molecule has 1 amide bonds. The number of carbonyl (C=O) groups excluding carboxylic acids is 1. The highest BCUT2D eigenvalue weighted by Gasteiger charge is 2.26. The molecule has 5 heteroatoms. The Kier molecular flexibility index (Phi) is 5.46. The molecular formula is C15H17Cl2NO2. The molecule has 0 unspecified atom stereocenters. The maximum absolute atomic E-state index is 12.2. The molecule has 0 bridgehead atoms.